The molecule has 23 heavy (non-hydrogen) atoms. The normalized spacial score (nSPS) is 11.6. The highest BCUT2D eigenvalue weighted by Crippen LogP contribution is 2.19. The molecule has 1 amide bonds. The highest BCUT2D eigenvalue weighted by molar-refractivity contribution is 5.67. The first kappa shape index (κ1) is 19.4. The summed E-state index contributed by atoms with van der Waals surface area (Å²) >= 11 is 0. The lowest BCUT2D eigenvalue weighted by atomic mass is 10.1. The Kier molecular flexibility index (Phi) is 7.42. The van der Waals surface area contributed by atoms with Crippen LogP contribution >= 0.6 is 0 Å². The summed E-state index contributed by atoms with van der Waals surface area (Å²) in [5, 5.41) is 3.19. The summed E-state index contributed by atoms with van der Waals surface area (Å²) < 4.78 is 30.5. The van der Waals surface area contributed by atoms with Gasteiger partial charge in [-0.05, 0) is 45.4 Å². The predicted molar refractivity (Wildman–Crippen MR) is 86.6 cm³/mol. The van der Waals surface area contributed by atoms with Crippen molar-refractivity contribution >= 4 is 6.09 Å². The molecular formula is C17H26F2N2O2. The Morgan fingerprint density at radius 2 is 2.04 bits per heavy atom. The van der Waals surface area contributed by atoms with Crippen LogP contribution in [0.1, 0.15) is 44.7 Å². The van der Waals surface area contributed by atoms with E-state index in [2.05, 4.69) is 5.32 Å². The molecule has 6 heteroatoms. The third-order valence-electron chi connectivity index (χ3n) is 3.08. The van der Waals surface area contributed by atoms with E-state index >= 15 is 0 Å². The van der Waals surface area contributed by atoms with Crippen molar-refractivity contribution in [2.24, 2.45) is 0 Å². The van der Waals surface area contributed by atoms with Gasteiger partial charge in [0.15, 0.2) is 0 Å². The number of carbonyl (C=O) groups is 1. The first-order valence-electron chi connectivity index (χ1n) is 7.71. The molecule has 130 valence electrons. The first-order valence-corrected chi connectivity index (χ1v) is 7.71. The molecule has 1 rings (SSSR count). The lowest BCUT2D eigenvalue weighted by Gasteiger charge is -2.24. The Labute approximate surface area is 136 Å². The zero-order chi connectivity index (χ0) is 17.5. The molecule has 0 aliphatic carbocycles. The molecule has 4 nitrogen and oxygen atoms in total. The number of nitrogens with one attached hydrogen (secondary N) is 1. The average molecular weight is 328 g/mol. The van der Waals surface area contributed by atoms with E-state index in [1.807, 2.05) is 26.8 Å². The quantitative estimate of drug-likeness (QED) is 0.770. The number of amides is 1. The Bertz CT molecular complexity index is 502. The maximum absolute atomic E-state index is 12.6. The van der Waals surface area contributed by atoms with Crippen LogP contribution in [-0.2, 0) is 11.3 Å². The lowest BCUT2D eigenvalue weighted by molar-refractivity contribution is 0.0297. The number of nitrogens with zero attached hydrogens (tertiary/aromatic N) is 1. The van der Waals surface area contributed by atoms with Crippen LogP contribution in [0.25, 0.3) is 0 Å². The number of ether oxygens (including phenoxy) is 1. The molecule has 0 spiro atoms. The van der Waals surface area contributed by atoms with Gasteiger partial charge in [-0.1, -0.05) is 18.2 Å². The fourth-order valence-corrected chi connectivity index (χ4v) is 1.94. The van der Waals surface area contributed by atoms with Crippen molar-refractivity contribution in [1.82, 2.24) is 10.2 Å². The summed E-state index contributed by atoms with van der Waals surface area (Å²) in [6.07, 6.45) is -2.04. The Morgan fingerprint density at radius 3 is 2.65 bits per heavy atom. The molecule has 0 aromatic heterocycles. The second-order valence-electron chi connectivity index (χ2n) is 6.48. The van der Waals surface area contributed by atoms with Gasteiger partial charge in [0.2, 0.25) is 0 Å². The van der Waals surface area contributed by atoms with Crippen LogP contribution in [0.2, 0.25) is 0 Å². The largest absolute Gasteiger partial charge is 0.444 e. The molecule has 0 fully saturated rings. The number of benzene rings is 1. The van der Waals surface area contributed by atoms with Gasteiger partial charge in [-0.15, -0.1) is 0 Å². The van der Waals surface area contributed by atoms with E-state index in [1.165, 1.54) is 17.0 Å². The minimum Gasteiger partial charge on any atom is -0.444 e. The monoisotopic (exact) mass is 328 g/mol. The molecule has 1 aromatic carbocycles. The van der Waals surface area contributed by atoms with Crippen molar-refractivity contribution in [3.63, 3.8) is 0 Å². The lowest BCUT2D eigenvalue weighted by Crippen LogP contribution is -2.35. The fourth-order valence-electron chi connectivity index (χ4n) is 1.94. The zero-order valence-electron chi connectivity index (χ0n) is 14.2. The van der Waals surface area contributed by atoms with Crippen molar-refractivity contribution < 1.29 is 18.3 Å². The standard InChI is InChI=1S/C17H26F2N2O2/c1-17(2,3)23-16(22)21(4)10-6-9-20-12-13-7-5-8-14(11-13)15(18)19/h5,7-8,11,15,20H,6,9-10,12H2,1-4H3. The van der Waals surface area contributed by atoms with E-state index in [9.17, 15) is 13.6 Å². The number of halogens is 2. The van der Waals surface area contributed by atoms with Crippen molar-refractivity contribution in [1.29, 1.82) is 0 Å². The molecule has 1 aromatic rings. The highest BCUT2D eigenvalue weighted by Gasteiger charge is 2.18. The maximum Gasteiger partial charge on any atom is 0.410 e. The van der Waals surface area contributed by atoms with Crippen molar-refractivity contribution in [3.8, 4) is 0 Å². The Hall–Kier alpha value is -1.69. The molecule has 0 heterocycles. The molecule has 0 unspecified atom stereocenters. The predicted octanol–water partition coefficient (Wildman–Crippen LogP) is 3.97. The van der Waals surface area contributed by atoms with E-state index in [1.54, 1.807) is 13.1 Å². The van der Waals surface area contributed by atoms with Gasteiger partial charge in [0.05, 0.1) is 0 Å². The van der Waals surface area contributed by atoms with E-state index in [-0.39, 0.29) is 11.7 Å². The fraction of sp³-hybridized carbons (Fsp3) is 0.588. The molecule has 0 aliphatic rings. The van der Waals surface area contributed by atoms with Crippen molar-refractivity contribution in [2.45, 2.75) is 45.8 Å². The van der Waals surface area contributed by atoms with Crippen LogP contribution in [0, 0.1) is 0 Å². The highest BCUT2D eigenvalue weighted by atomic mass is 19.3. The summed E-state index contributed by atoms with van der Waals surface area (Å²) in [7, 11) is 1.69. The van der Waals surface area contributed by atoms with Gasteiger partial charge in [-0.3, -0.25) is 0 Å². The van der Waals surface area contributed by atoms with Crippen molar-refractivity contribution in [2.75, 3.05) is 20.1 Å². The molecule has 0 saturated carbocycles. The summed E-state index contributed by atoms with van der Waals surface area (Å²) in [5.74, 6) is 0. The smallest absolute Gasteiger partial charge is 0.410 e. The molecular weight excluding hydrogens is 302 g/mol. The summed E-state index contributed by atoms with van der Waals surface area (Å²) in [5.41, 5.74) is 0.358. The summed E-state index contributed by atoms with van der Waals surface area (Å²) in [6.45, 7) is 7.26. The van der Waals surface area contributed by atoms with E-state index in [0.29, 0.717) is 19.6 Å². The van der Waals surface area contributed by atoms with Crippen LogP contribution in [0.5, 0.6) is 0 Å². The Morgan fingerprint density at radius 1 is 1.35 bits per heavy atom. The maximum atomic E-state index is 12.6. The van der Waals surface area contributed by atoms with Gasteiger partial charge in [0.25, 0.3) is 6.43 Å². The zero-order valence-corrected chi connectivity index (χ0v) is 14.2. The number of hydrogen-bond donors (Lipinski definition) is 1. The minimum absolute atomic E-state index is 0.0361. The second kappa shape index (κ2) is 8.82. The molecule has 0 atom stereocenters. The number of carbonyl (C=O) groups excluding carboxylic acids is 1. The molecule has 1 N–H and O–H groups in total. The van der Waals surface area contributed by atoms with Gasteiger partial charge < -0.3 is 15.0 Å². The summed E-state index contributed by atoms with van der Waals surface area (Å²) in [6, 6.07) is 6.37. The second-order valence-corrected chi connectivity index (χ2v) is 6.48. The van der Waals surface area contributed by atoms with E-state index in [0.717, 1.165) is 12.0 Å². The molecule has 0 saturated heterocycles. The van der Waals surface area contributed by atoms with Crippen LogP contribution in [0.4, 0.5) is 13.6 Å². The number of hydrogen-bond acceptors (Lipinski definition) is 3. The topological polar surface area (TPSA) is 41.6 Å². The van der Waals surface area contributed by atoms with Crippen LogP contribution in [0.3, 0.4) is 0 Å². The number of alkyl halides is 2. The number of rotatable bonds is 7. The average Bonchev–Trinajstić information content (AvgIpc) is 2.45. The van der Waals surface area contributed by atoms with Gasteiger partial charge in [-0.25, -0.2) is 13.6 Å². The Balaban J connectivity index is 2.25. The van der Waals surface area contributed by atoms with Crippen LogP contribution < -0.4 is 5.32 Å². The van der Waals surface area contributed by atoms with E-state index in [4.69, 9.17) is 4.74 Å². The SMILES string of the molecule is CN(CCCNCc1cccc(C(F)F)c1)C(=O)OC(C)(C)C. The van der Waals surface area contributed by atoms with Crippen LogP contribution in [-0.4, -0.2) is 36.7 Å². The third-order valence-corrected chi connectivity index (χ3v) is 3.08. The van der Waals surface area contributed by atoms with Gasteiger partial charge in [0, 0.05) is 25.7 Å². The summed E-state index contributed by atoms with van der Waals surface area (Å²) in [4.78, 5) is 13.3. The molecule has 0 aliphatic heterocycles. The van der Waals surface area contributed by atoms with Crippen molar-refractivity contribution in [3.05, 3.63) is 35.4 Å². The van der Waals surface area contributed by atoms with Gasteiger partial charge in [0.1, 0.15) is 5.60 Å². The molecule has 0 bridgehead atoms. The molecule has 0 radical (unpaired) electrons. The van der Waals surface area contributed by atoms with Gasteiger partial charge >= 0.3 is 6.09 Å². The van der Waals surface area contributed by atoms with E-state index < -0.39 is 12.0 Å². The third kappa shape index (κ3) is 7.93. The van der Waals surface area contributed by atoms with Gasteiger partial charge in [-0.2, -0.15) is 0 Å². The minimum atomic E-state index is -2.45. The van der Waals surface area contributed by atoms with Crippen LogP contribution in [0.15, 0.2) is 24.3 Å². The first-order chi connectivity index (χ1) is 10.7.